The molecule has 2 aliphatic heterocycles. The molecule has 0 amide bonds. The Morgan fingerprint density at radius 2 is 1.69 bits per heavy atom. The third-order valence-electron chi connectivity index (χ3n) is 4.61. The van der Waals surface area contributed by atoms with Gasteiger partial charge in [0.2, 0.25) is 0 Å². The lowest BCUT2D eigenvalue weighted by molar-refractivity contribution is 0.315. The van der Waals surface area contributed by atoms with E-state index in [0.29, 0.717) is 23.1 Å². The van der Waals surface area contributed by atoms with Crippen molar-refractivity contribution in [3.05, 3.63) is 47.5 Å². The molecule has 2 aliphatic rings. The first kappa shape index (κ1) is 17.5. The van der Waals surface area contributed by atoms with Crippen LogP contribution in [0.4, 0.5) is 11.4 Å². The van der Waals surface area contributed by atoms with Crippen molar-refractivity contribution in [3.8, 4) is 5.75 Å². The second-order valence-electron chi connectivity index (χ2n) is 6.25. The van der Waals surface area contributed by atoms with Crippen molar-refractivity contribution in [2.75, 3.05) is 48.5 Å². The van der Waals surface area contributed by atoms with Crippen LogP contribution < -0.4 is 19.3 Å². The van der Waals surface area contributed by atoms with Gasteiger partial charge >= 0.3 is 0 Å². The largest absolute Gasteiger partial charge is 0.487 e. The lowest BCUT2D eigenvalue weighted by atomic mass is 10.2. The standard InChI is InChI=1S/C18H20ClN3O3S/c19-14-12-16(21-8-6-20-7-9-21)18-17(13-14)22(10-11-25-18)26(23,24)15-4-2-1-3-5-15/h1-5,12-13,20H,6-11H2. The second-order valence-corrected chi connectivity index (χ2v) is 8.55. The first-order valence-corrected chi connectivity index (χ1v) is 10.4. The normalized spacial score (nSPS) is 17.6. The lowest BCUT2D eigenvalue weighted by Gasteiger charge is -2.36. The number of rotatable bonds is 3. The Hall–Kier alpha value is -1.96. The van der Waals surface area contributed by atoms with Crippen LogP contribution in [-0.4, -0.2) is 47.7 Å². The van der Waals surface area contributed by atoms with E-state index < -0.39 is 10.0 Å². The van der Waals surface area contributed by atoms with Crippen LogP contribution in [0.3, 0.4) is 0 Å². The van der Waals surface area contributed by atoms with Gasteiger partial charge in [-0.2, -0.15) is 0 Å². The van der Waals surface area contributed by atoms with Crippen LogP contribution >= 0.6 is 11.6 Å². The molecule has 0 spiro atoms. The monoisotopic (exact) mass is 393 g/mol. The maximum absolute atomic E-state index is 13.2. The summed E-state index contributed by atoms with van der Waals surface area (Å²) >= 11 is 6.34. The molecule has 4 rings (SSSR count). The summed E-state index contributed by atoms with van der Waals surface area (Å²) in [5, 5.41) is 3.81. The summed E-state index contributed by atoms with van der Waals surface area (Å²) < 4.78 is 33.6. The summed E-state index contributed by atoms with van der Waals surface area (Å²) in [6.07, 6.45) is 0. The Morgan fingerprint density at radius 1 is 1.00 bits per heavy atom. The fourth-order valence-electron chi connectivity index (χ4n) is 3.36. The molecule has 0 saturated carbocycles. The third-order valence-corrected chi connectivity index (χ3v) is 6.66. The molecule has 2 aromatic carbocycles. The number of fused-ring (bicyclic) bond motifs is 1. The molecule has 0 bridgehead atoms. The molecular formula is C18H20ClN3O3S. The van der Waals surface area contributed by atoms with Crippen LogP contribution in [0.2, 0.25) is 5.02 Å². The molecule has 2 aromatic rings. The Labute approximate surface area is 158 Å². The number of halogens is 1. The molecule has 0 unspecified atom stereocenters. The molecule has 1 N–H and O–H groups in total. The van der Waals surface area contributed by atoms with E-state index in [9.17, 15) is 8.42 Å². The molecule has 2 heterocycles. The van der Waals surface area contributed by atoms with Gasteiger partial charge in [0, 0.05) is 31.2 Å². The van der Waals surface area contributed by atoms with Crippen LogP contribution in [0.15, 0.2) is 47.4 Å². The maximum Gasteiger partial charge on any atom is 0.264 e. The van der Waals surface area contributed by atoms with Gasteiger partial charge in [-0.3, -0.25) is 4.31 Å². The van der Waals surface area contributed by atoms with Gasteiger partial charge in [-0.1, -0.05) is 29.8 Å². The van der Waals surface area contributed by atoms with Gasteiger partial charge in [-0.05, 0) is 24.3 Å². The fraction of sp³-hybridized carbons (Fsp3) is 0.333. The zero-order chi connectivity index (χ0) is 18.1. The summed E-state index contributed by atoms with van der Waals surface area (Å²) in [5.74, 6) is 0.585. The van der Waals surface area contributed by atoms with Gasteiger partial charge in [0.25, 0.3) is 10.0 Å². The van der Waals surface area contributed by atoms with E-state index in [0.717, 1.165) is 31.9 Å². The average molecular weight is 394 g/mol. The van der Waals surface area contributed by atoms with Crippen molar-refractivity contribution in [2.45, 2.75) is 4.90 Å². The van der Waals surface area contributed by atoms with Gasteiger partial charge in [-0.25, -0.2) is 8.42 Å². The molecule has 138 valence electrons. The number of ether oxygens (including phenoxy) is 1. The minimum absolute atomic E-state index is 0.256. The summed E-state index contributed by atoms with van der Waals surface area (Å²) in [4.78, 5) is 2.44. The number of hydrogen-bond acceptors (Lipinski definition) is 5. The van der Waals surface area contributed by atoms with Crippen molar-refractivity contribution in [1.82, 2.24) is 5.32 Å². The van der Waals surface area contributed by atoms with E-state index in [1.54, 1.807) is 36.4 Å². The first-order chi connectivity index (χ1) is 12.6. The molecule has 0 aliphatic carbocycles. The summed E-state index contributed by atoms with van der Waals surface area (Å²) in [6, 6.07) is 12.0. The Kier molecular flexibility index (Phi) is 4.69. The SMILES string of the molecule is O=S(=O)(c1ccccc1)N1CCOc2c(N3CCNCC3)cc(Cl)cc21. The topological polar surface area (TPSA) is 61.9 Å². The molecule has 0 aromatic heterocycles. The minimum Gasteiger partial charge on any atom is -0.487 e. The molecule has 0 atom stereocenters. The number of benzene rings is 2. The number of anilines is 2. The summed E-state index contributed by atoms with van der Waals surface area (Å²) in [5.41, 5.74) is 1.35. The highest BCUT2D eigenvalue weighted by molar-refractivity contribution is 7.92. The van der Waals surface area contributed by atoms with Crippen molar-refractivity contribution >= 4 is 33.0 Å². The van der Waals surface area contributed by atoms with E-state index in [1.165, 1.54) is 4.31 Å². The van der Waals surface area contributed by atoms with Gasteiger partial charge in [0.15, 0.2) is 5.75 Å². The highest BCUT2D eigenvalue weighted by atomic mass is 35.5. The van der Waals surface area contributed by atoms with Crippen molar-refractivity contribution < 1.29 is 13.2 Å². The van der Waals surface area contributed by atoms with E-state index in [1.807, 2.05) is 6.07 Å². The Bertz CT molecular complexity index is 899. The second kappa shape index (κ2) is 6.98. The number of hydrogen-bond donors (Lipinski definition) is 1. The average Bonchev–Trinajstić information content (AvgIpc) is 2.68. The molecular weight excluding hydrogens is 374 g/mol. The number of piperazine rings is 1. The zero-order valence-corrected chi connectivity index (χ0v) is 15.8. The van der Waals surface area contributed by atoms with Crippen LogP contribution in [-0.2, 0) is 10.0 Å². The predicted octanol–water partition coefficient (Wildman–Crippen LogP) is 2.34. The summed E-state index contributed by atoms with van der Waals surface area (Å²) in [7, 11) is -3.68. The van der Waals surface area contributed by atoms with Gasteiger partial charge in [0.05, 0.1) is 22.8 Å². The maximum atomic E-state index is 13.2. The molecule has 1 fully saturated rings. The van der Waals surface area contributed by atoms with Gasteiger partial charge in [0.1, 0.15) is 6.61 Å². The highest BCUT2D eigenvalue weighted by Crippen LogP contribution is 2.44. The van der Waals surface area contributed by atoms with E-state index >= 15 is 0 Å². The van der Waals surface area contributed by atoms with Crippen LogP contribution in [0.5, 0.6) is 5.75 Å². The minimum atomic E-state index is -3.68. The quantitative estimate of drug-likeness (QED) is 0.867. The number of nitrogens with zero attached hydrogens (tertiary/aromatic N) is 2. The summed E-state index contributed by atoms with van der Waals surface area (Å²) in [6.45, 7) is 3.94. The Morgan fingerprint density at radius 3 is 2.42 bits per heavy atom. The van der Waals surface area contributed by atoms with Crippen molar-refractivity contribution in [3.63, 3.8) is 0 Å². The zero-order valence-electron chi connectivity index (χ0n) is 14.2. The van der Waals surface area contributed by atoms with E-state index in [-0.39, 0.29) is 11.4 Å². The molecule has 0 radical (unpaired) electrons. The van der Waals surface area contributed by atoms with Crippen molar-refractivity contribution in [2.24, 2.45) is 0 Å². The molecule has 1 saturated heterocycles. The molecule has 6 nitrogen and oxygen atoms in total. The lowest BCUT2D eigenvalue weighted by Crippen LogP contribution is -2.44. The number of nitrogens with one attached hydrogen (secondary N) is 1. The van der Waals surface area contributed by atoms with Gasteiger partial charge in [-0.15, -0.1) is 0 Å². The van der Waals surface area contributed by atoms with Crippen LogP contribution in [0.1, 0.15) is 0 Å². The first-order valence-electron chi connectivity index (χ1n) is 8.57. The van der Waals surface area contributed by atoms with Crippen LogP contribution in [0.25, 0.3) is 0 Å². The Balaban J connectivity index is 1.80. The van der Waals surface area contributed by atoms with Gasteiger partial charge < -0.3 is 15.0 Å². The van der Waals surface area contributed by atoms with Crippen molar-refractivity contribution in [1.29, 1.82) is 0 Å². The molecule has 8 heteroatoms. The predicted molar refractivity (Wildman–Crippen MR) is 103 cm³/mol. The smallest absolute Gasteiger partial charge is 0.264 e. The highest BCUT2D eigenvalue weighted by Gasteiger charge is 2.33. The number of sulfonamides is 1. The van der Waals surface area contributed by atoms with E-state index in [2.05, 4.69) is 10.2 Å². The van der Waals surface area contributed by atoms with Crippen LogP contribution in [0, 0.1) is 0 Å². The third kappa shape index (κ3) is 3.11. The molecule has 26 heavy (non-hydrogen) atoms. The van der Waals surface area contributed by atoms with E-state index in [4.69, 9.17) is 16.3 Å². The fourth-order valence-corrected chi connectivity index (χ4v) is 5.03.